The molecule has 0 aromatic heterocycles. The molecule has 0 atom stereocenters. The lowest BCUT2D eigenvalue weighted by atomic mass is 10.2. The molecule has 0 radical (unpaired) electrons. The van der Waals surface area contributed by atoms with E-state index in [0.29, 0.717) is 0 Å². The molecule has 0 fully saturated rings. The number of Topliss-reactive ketones (excluding diaryl/α,β-unsaturated/α-hetero) is 1. The predicted octanol–water partition coefficient (Wildman–Crippen LogP) is -1.92. The van der Waals surface area contributed by atoms with E-state index in [9.17, 15) is 9.59 Å². The minimum Gasteiger partial charge on any atom is -0.394 e. The second-order valence-electron chi connectivity index (χ2n) is 2.08. The molecule has 68 valence electrons. The van der Waals surface area contributed by atoms with Crippen molar-refractivity contribution in [1.29, 1.82) is 0 Å². The van der Waals surface area contributed by atoms with Gasteiger partial charge in [0, 0.05) is 6.42 Å². The van der Waals surface area contributed by atoms with Gasteiger partial charge in [-0.2, -0.15) is 0 Å². The smallest absolute Gasteiger partial charge is 0.283 e. The standard InChI is InChI=1S/C6H12N4O2/c1-2-3(11)4(7)5(8)6(12)10-9/h2,7-9H2,1H3,(H,10,12)/b5-4+. The molecule has 1 amide bonds. The summed E-state index contributed by atoms with van der Waals surface area (Å²) in [6, 6.07) is 0. The first-order valence-corrected chi connectivity index (χ1v) is 3.33. The van der Waals surface area contributed by atoms with Crippen LogP contribution in [-0.2, 0) is 9.59 Å². The minimum atomic E-state index is -0.755. The Morgan fingerprint density at radius 2 is 1.75 bits per heavy atom. The lowest BCUT2D eigenvalue weighted by molar-refractivity contribution is -0.119. The molecule has 0 aliphatic carbocycles. The molecule has 0 aromatic rings. The van der Waals surface area contributed by atoms with Crippen LogP contribution in [0.15, 0.2) is 11.4 Å². The zero-order valence-electron chi connectivity index (χ0n) is 6.76. The molecule has 0 aliphatic rings. The molecule has 0 aromatic carbocycles. The fourth-order valence-electron chi connectivity index (χ4n) is 0.541. The Morgan fingerprint density at radius 1 is 1.25 bits per heavy atom. The molecule has 0 heterocycles. The Balaban J connectivity index is 4.68. The fraction of sp³-hybridized carbons (Fsp3) is 0.333. The van der Waals surface area contributed by atoms with E-state index in [0.717, 1.165) is 0 Å². The lowest BCUT2D eigenvalue weighted by Crippen LogP contribution is -2.36. The predicted molar refractivity (Wildman–Crippen MR) is 43.0 cm³/mol. The van der Waals surface area contributed by atoms with Crippen LogP contribution >= 0.6 is 0 Å². The largest absolute Gasteiger partial charge is 0.394 e. The summed E-state index contributed by atoms with van der Waals surface area (Å²) in [7, 11) is 0. The molecule has 0 saturated carbocycles. The maximum atomic E-state index is 10.9. The molecule has 7 N–H and O–H groups in total. The average molecular weight is 172 g/mol. The quantitative estimate of drug-likeness (QED) is 0.171. The normalized spacial score (nSPS) is 11.8. The first-order valence-electron chi connectivity index (χ1n) is 3.33. The van der Waals surface area contributed by atoms with Gasteiger partial charge in [0.2, 0.25) is 0 Å². The van der Waals surface area contributed by atoms with Gasteiger partial charge in [0.1, 0.15) is 11.4 Å². The number of nitrogens with one attached hydrogen (secondary N) is 1. The fourth-order valence-corrected chi connectivity index (χ4v) is 0.541. The van der Waals surface area contributed by atoms with Crippen LogP contribution in [0.4, 0.5) is 0 Å². The van der Waals surface area contributed by atoms with Crippen LogP contribution in [0, 0.1) is 0 Å². The van der Waals surface area contributed by atoms with Crippen molar-refractivity contribution in [1.82, 2.24) is 5.43 Å². The highest BCUT2D eigenvalue weighted by Gasteiger charge is 2.12. The van der Waals surface area contributed by atoms with E-state index in [1.807, 2.05) is 0 Å². The van der Waals surface area contributed by atoms with Gasteiger partial charge in [-0.25, -0.2) is 5.84 Å². The van der Waals surface area contributed by atoms with Gasteiger partial charge in [0.05, 0.1) is 0 Å². The number of carbonyl (C=O) groups excluding carboxylic acids is 2. The summed E-state index contributed by atoms with van der Waals surface area (Å²) in [5, 5.41) is 0. The SMILES string of the molecule is CCC(=O)/C(N)=C(\N)C(=O)NN. The third-order valence-corrected chi connectivity index (χ3v) is 1.29. The molecule has 0 aliphatic heterocycles. The number of hydrogen-bond acceptors (Lipinski definition) is 5. The second-order valence-corrected chi connectivity index (χ2v) is 2.08. The number of amides is 1. The van der Waals surface area contributed by atoms with Crippen LogP contribution in [-0.4, -0.2) is 11.7 Å². The molecule has 6 heteroatoms. The summed E-state index contributed by atoms with van der Waals surface area (Å²) in [6.45, 7) is 1.61. The highest BCUT2D eigenvalue weighted by Crippen LogP contribution is 1.95. The van der Waals surface area contributed by atoms with E-state index < -0.39 is 5.91 Å². The maximum Gasteiger partial charge on any atom is 0.283 e. The van der Waals surface area contributed by atoms with E-state index in [1.54, 1.807) is 12.3 Å². The van der Waals surface area contributed by atoms with E-state index in [1.165, 1.54) is 0 Å². The average Bonchev–Trinajstić information content (AvgIpc) is 2.12. The van der Waals surface area contributed by atoms with Gasteiger partial charge in [-0.3, -0.25) is 15.0 Å². The van der Waals surface area contributed by atoms with Crippen LogP contribution in [0.25, 0.3) is 0 Å². The maximum absolute atomic E-state index is 10.9. The highest BCUT2D eigenvalue weighted by atomic mass is 16.2. The number of nitrogens with two attached hydrogens (primary N) is 3. The summed E-state index contributed by atoms with van der Waals surface area (Å²) >= 11 is 0. The van der Waals surface area contributed by atoms with Crippen molar-refractivity contribution in [3.05, 3.63) is 11.4 Å². The molecule has 0 saturated heterocycles. The van der Waals surface area contributed by atoms with E-state index >= 15 is 0 Å². The summed E-state index contributed by atoms with van der Waals surface area (Å²) in [6.07, 6.45) is 0.199. The first kappa shape index (κ1) is 10.4. The van der Waals surface area contributed by atoms with Crippen molar-refractivity contribution in [2.75, 3.05) is 0 Å². The molecule has 12 heavy (non-hydrogen) atoms. The Morgan fingerprint density at radius 3 is 2.08 bits per heavy atom. The number of ketones is 1. The van der Waals surface area contributed by atoms with Crippen LogP contribution < -0.4 is 22.7 Å². The Bertz CT molecular complexity index is 210. The number of allylic oxidation sites excluding steroid dienone is 1. The van der Waals surface area contributed by atoms with Crippen molar-refractivity contribution < 1.29 is 9.59 Å². The zero-order chi connectivity index (χ0) is 9.72. The lowest BCUT2D eigenvalue weighted by Gasteiger charge is -2.03. The first-order chi connectivity index (χ1) is 5.54. The summed E-state index contributed by atoms with van der Waals surface area (Å²) in [5.74, 6) is 3.64. The highest BCUT2D eigenvalue weighted by molar-refractivity contribution is 6.04. The second kappa shape index (κ2) is 4.35. The molecule has 0 unspecified atom stereocenters. The zero-order valence-corrected chi connectivity index (χ0v) is 6.76. The van der Waals surface area contributed by atoms with E-state index in [4.69, 9.17) is 17.3 Å². The van der Waals surface area contributed by atoms with E-state index in [2.05, 4.69) is 0 Å². The van der Waals surface area contributed by atoms with Crippen molar-refractivity contribution in [3.8, 4) is 0 Å². The monoisotopic (exact) mass is 172 g/mol. The molecular weight excluding hydrogens is 160 g/mol. The Kier molecular flexibility index (Phi) is 3.78. The molecule has 0 rings (SSSR count). The van der Waals surface area contributed by atoms with Crippen molar-refractivity contribution >= 4 is 11.7 Å². The van der Waals surface area contributed by atoms with Gasteiger partial charge in [-0.05, 0) is 0 Å². The topological polar surface area (TPSA) is 124 Å². The number of carbonyl (C=O) groups is 2. The number of rotatable bonds is 3. The van der Waals surface area contributed by atoms with Gasteiger partial charge in [-0.15, -0.1) is 0 Å². The van der Waals surface area contributed by atoms with Crippen molar-refractivity contribution in [2.24, 2.45) is 17.3 Å². The Hall–Kier alpha value is -1.56. The van der Waals surface area contributed by atoms with Gasteiger partial charge >= 0.3 is 0 Å². The van der Waals surface area contributed by atoms with Crippen LogP contribution in [0.1, 0.15) is 13.3 Å². The minimum absolute atomic E-state index is 0.199. The van der Waals surface area contributed by atoms with Crippen molar-refractivity contribution in [2.45, 2.75) is 13.3 Å². The molecular formula is C6H12N4O2. The third-order valence-electron chi connectivity index (χ3n) is 1.29. The number of hydrazine groups is 1. The van der Waals surface area contributed by atoms with Crippen LogP contribution in [0.5, 0.6) is 0 Å². The molecule has 0 spiro atoms. The van der Waals surface area contributed by atoms with Crippen LogP contribution in [0.3, 0.4) is 0 Å². The summed E-state index contributed by atoms with van der Waals surface area (Å²) in [5.41, 5.74) is 11.6. The molecule has 0 bridgehead atoms. The van der Waals surface area contributed by atoms with Gasteiger partial charge in [-0.1, -0.05) is 6.92 Å². The Labute approximate surface area is 69.7 Å². The summed E-state index contributed by atoms with van der Waals surface area (Å²) < 4.78 is 0. The van der Waals surface area contributed by atoms with Gasteiger partial charge in [0.15, 0.2) is 5.78 Å². The van der Waals surface area contributed by atoms with Crippen LogP contribution in [0.2, 0.25) is 0 Å². The van der Waals surface area contributed by atoms with Gasteiger partial charge < -0.3 is 11.5 Å². The third kappa shape index (κ3) is 2.24. The molecule has 6 nitrogen and oxygen atoms in total. The van der Waals surface area contributed by atoms with Gasteiger partial charge in [0.25, 0.3) is 5.91 Å². The number of hydrogen-bond donors (Lipinski definition) is 4. The van der Waals surface area contributed by atoms with E-state index in [-0.39, 0.29) is 23.6 Å². The van der Waals surface area contributed by atoms with Crippen molar-refractivity contribution in [3.63, 3.8) is 0 Å². The summed E-state index contributed by atoms with van der Waals surface area (Å²) in [4.78, 5) is 21.6.